The summed E-state index contributed by atoms with van der Waals surface area (Å²) >= 11 is 0. The van der Waals surface area contributed by atoms with Gasteiger partial charge in [-0.2, -0.15) is 0 Å². The van der Waals surface area contributed by atoms with Gasteiger partial charge in [-0.1, -0.05) is 58.9 Å². The Kier molecular flexibility index (Phi) is 4.77. The van der Waals surface area contributed by atoms with Crippen LogP contribution in [0.3, 0.4) is 0 Å². The maximum absolute atomic E-state index is 6.49. The highest BCUT2D eigenvalue weighted by molar-refractivity contribution is 6.09. The molecular formula is C27H32NO+. The normalized spacial score (nSPS) is 12.4. The van der Waals surface area contributed by atoms with Crippen molar-refractivity contribution in [1.82, 2.24) is 0 Å². The number of benzene rings is 2. The minimum Gasteiger partial charge on any atom is -0.455 e. The van der Waals surface area contributed by atoms with Gasteiger partial charge in [0.05, 0.1) is 5.56 Å². The van der Waals surface area contributed by atoms with Gasteiger partial charge < -0.3 is 4.42 Å². The third kappa shape index (κ3) is 3.69. The molecule has 4 aromatic rings. The second-order valence-electron chi connectivity index (χ2n) is 9.92. The van der Waals surface area contributed by atoms with E-state index < -0.39 is 0 Å². The van der Waals surface area contributed by atoms with Crippen LogP contribution < -0.4 is 4.57 Å². The summed E-state index contributed by atoms with van der Waals surface area (Å²) in [5.74, 6) is 0.487. The summed E-state index contributed by atoms with van der Waals surface area (Å²) in [6.07, 6.45) is 3.22. The molecule has 0 saturated carbocycles. The van der Waals surface area contributed by atoms with Gasteiger partial charge in [0.15, 0.2) is 6.20 Å². The van der Waals surface area contributed by atoms with Crippen molar-refractivity contribution in [1.29, 1.82) is 0 Å². The van der Waals surface area contributed by atoms with E-state index >= 15 is 0 Å². The standard InChI is InChI=1S/C27H32NO/c1-17(2)20-9-11-21-22-10-8-18(3)25(26(22)29-24(21)15-20)23-14-19(12-13-28(23)7)16-27(4,5)6/h8-15,17H,16H2,1-7H3/q+1. The topological polar surface area (TPSA) is 17.0 Å². The van der Waals surface area contributed by atoms with E-state index in [1.54, 1.807) is 0 Å². The Balaban J connectivity index is 1.97. The van der Waals surface area contributed by atoms with E-state index in [0.717, 1.165) is 17.6 Å². The largest absolute Gasteiger partial charge is 0.455 e. The molecule has 0 aliphatic heterocycles. The minimum absolute atomic E-state index is 0.255. The summed E-state index contributed by atoms with van der Waals surface area (Å²) in [5.41, 5.74) is 8.54. The Morgan fingerprint density at radius 3 is 2.38 bits per heavy atom. The molecule has 2 heteroatoms. The van der Waals surface area contributed by atoms with Crippen LogP contribution in [-0.4, -0.2) is 0 Å². The number of nitrogens with zero attached hydrogens (tertiary/aromatic N) is 1. The molecule has 2 nitrogen and oxygen atoms in total. The number of hydrogen-bond acceptors (Lipinski definition) is 1. The lowest BCUT2D eigenvalue weighted by molar-refractivity contribution is -0.660. The predicted molar refractivity (Wildman–Crippen MR) is 122 cm³/mol. The van der Waals surface area contributed by atoms with Gasteiger partial charge in [0.2, 0.25) is 5.69 Å². The maximum atomic E-state index is 6.49. The molecule has 0 atom stereocenters. The highest BCUT2D eigenvalue weighted by Gasteiger charge is 2.22. The van der Waals surface area contributed by atoms with Crippen LogP contribution in [-0.2, 0) is 13.5 Å². The van der Waals surface area contributed by atoms with Crippen LogP contribution >= 0.6 is 0 Å². The summed E-state index contributed by atoms with van der Waals surface area (Å²) in [7, 11) is 2.12. The number of furan rings is 1. The second kappa shape index (κ2) is 7.02. The molecule has 0 unspecified atom stereocenters. The van der Waals surface area contributed by atoms with Crippen molar-refractivity contribution in [2.75, 3.05) is 0 Å². The lowest BCUT2D eigenvalue weighted by Gasteiger charge is -2.18. The molecule has 0 aliphatic rings. The zero-order valence-electron chi connectivity index (χ0n) is 18.8. The van der Waals surface area contributed by atoms with E-state index in [1.165, 1.54) is 38.7 Å². The number of aromatic nitrogens is 1. The number of hydrogen-bond donors (Lipinski definition) is 0. The van der Waals surface area contributed by atoms with Gasteiger partial charge in [0, 0.05) is 22.9 Å². The molecule has 4 rings (SSSR count). The molecule has 2 aromatic carbocycles. The van der Waals surface area contributed by atoms with Crippen molar-refractivity contribution in [2.45, 2.75) is 53.9 Å². The lowest BCUT2D eigenvalue weighted by atomic mass is 9.88. The first-order chi connectivity index (χ1) is 13.6. The predicted octanol–water partition coefficient (Wildman–Crippen LogP) is 7.10. The average Bonchev–Trinajstić information content (AvgIpc) is 3.00. The molecule has 150 valence electrons. The fraction of sp³-hybridized carbons (Fsp3) is 0.370. The molecule has 0 aliphatic carbocycles. The molecule has 2 heterocycles. The Bertz CT molecular complexity index is 1200. The van der Waals surface area contributed by atoms with Crippen LogP contribution in [0.2, 0.25) is 0 Å². The molecule has 0 spiro atoms. The van der Waals surface area contributed by atoms with Crippen LogP contribution in [0.1, 0.15) is 57.2 Å². The lowest BCUT2D eigenvalue weighted by Crippen LogP contribution is -2.31. The van der Waals surface area contributed by atoms with Gasteiger partial charge in [-0.05, 0) is 47.4 Å². The van der Waals surface area contributed by atoms with Crippen LogP contribution in [0.25, 0.3) is 33.2 Å². The van der Waals surface area contributed by atoms with Gasteiger partial charge >= 0.3 is 0 Å². The van der Waals surface area contributed by atoms with Gasteiger partial charge in [-0.15, -0.1) is 0 Å². The van der Waals surface area contributed by atoms with E-state index in [4.69, 9.17) is 4.42 Å². The molecule has 0 bridgehead atoms. The Labute approximate surface area is 174 Å². The Morgan fingerprint density at radius 2 is 1.69 bits per heavy atom. The number of fused-ring (bicyclic) bond motifs is 3. The molecule has 2 aromatic heterocycles. The summed E-state index contributed by atoms with van der Waals surface area (Å²) in [5, 5.41) is 2.39. The van der Waals surface area contributed by atoms with Crippen LogP contribution in [0.4, 0.5) is 0 Å². The van der Waals surface area contributed by atoms with E-state index in [0.29, 0.717) is 5.92 Å². The van der Waals surface area contributed by atoms with Gasteiger partial charge in [-0.25, -0.2) is 4.57 Å². The van der Waals surface area contributed by atoms with Crippen LogP contribution in [0.15, 0.2) is 53.1 Å². The number of pyridine rings is 1. The Hall–Kier alpha value is -2.61. The quantitative estimate of drug-likeness (QED) is 0.343. The third-order valence-corrected chi connectivity index (χ3v) is 5.75. The van der Waals surface area contributed by atoms with Crippen molar-refractivity contribution in [2.24, 2.45) is 12.5 Å². The fourth-order valence-corrected chi connectivity index (χ4v) is 4.22. The molecule has 0 fully saturated rings. The SMILES string of the molecule is Cc1ccc2c(oc3cc(C(C)C)ccc32)c1-c1cc(CC(C)(C)C)cc[n+]1C. The highest BCUT2D eigenvalue weighted by atomic mass is 16.3. The first-order valence-electron chi connectivity index (χ1n) is 10.6. The molecule has 29 heavy (non-hydrogen) atoms. The van der Waals surface area contributed by atoms with Crippen molar-refractivity contribution in [3.63, 3.8) is 0 Å². The summed E-state index contributed by atoms with van der Waals surface area (Å²) in [4.78, 5) is 0. The van der Waals surface area contributed by atoms with Gasteiger partial charge in [-0.3, -0.25) is 0 Å². The number of aryl methyl sites for hydroxylation is 2. The monoisotopic (exact) mass is 386 g/mol. The Morgan fingerprint density at radius 1 is 0.966 bits per heavy atom. The summed E-state index contributed by atoms with van der Waals surface area (Å²) in [6.45, 7) is 13.5. The first-order valence-corrected chi connectivity index (χ1v) is 10.6. The van der Waals surface area contributed by atoms with Gasteiger partial charge in [0.1, 0.15) is 18.2 Å². The molecule has 0 N–H and O–H groups in total. The zero-order chi connectivity index (χ0) is 20.9. The van der Waals surface area contributed by atoms with Crippen molar-refractivity contribution < 1.29 is 8.98 Å². The van der Waals surface area contributed by atoms with E-state index in [9.17, 15) is 0 Å². The first kappa shape index (κ1) is 19.7. The molecular weight excluding hydrogens is 354 g/mol. The van der Waals surface area contributed by atoms with Crippen LogP contribution in [0, 0.1) is 12.3 Å². The molecule has 0 radical (unpaired) electrons. The summed E-state index contributed by atoms with van der Waals surface area (Å²) in [6, 6.07) is 15.6. The van der Waals surface area contributed by atoms with Crippen molar-refractivity contribution in [3.05, 3.63) is 65.4 Å². The summed E-state index contributed by atoms with van der Waals surface area (Å²) < 4.78 is 8.70. The smallest absolute Gasteiger partial charge is 0.216 e. The minimum atomic E-state index is 0.255. The number of rotatable bonds is 3. The highest BCUT2D eigenvalue weighted by Crippen LogP contribution is 2.38. The van der Waals surface area contributed by atoms with Crippen molar-refractivity contribution in [3.8, 4) is 11.3 Å². The second-order valence-corrected chi connectivity index (χ2v) is 9.92. The zero-order valence-corrected chi connectivity index (χ0v) is 18.8. The van der Waals surface area contributed by atoms with Gasteiger partial charge in [0.25, 0.3) is 0 Å². The van der Waals surface area contributed by atoms with Crippen LogP contribution in [0.5, 0.6) is 0 Å². The maximum Gasteiger partial charge on any atom is 0.216 e. The van der Waals surface area contributed by atoms with E-state index in [2.05, 4.69) is 102 Å². The van der Waals surface area contributed by atoms with E-state index in [-0.39, 0.29) is 5.41 Å². The third-order valence-electron chi connectivity index (χ3n) is 5.75. The van der Waals surface area contributed by atoms with E-state index in [1.807, 2.05) is 0 Å². The van der Waals surface area contributed by atoms with Crippen molar-refractivity contribution >= 4 is 21.9 Å². The molecule has 0 amide bonds. The average molecular weight is 387 g/mol. The fourth-order valence-electron chi connectivity index (χ4n) is 4.22. The molecule has 0 saturated heterocycles.